The fourth-order valence-electron chi connectivity index (χ4n) is 3.90. The quantitative estimate of drug-likeness (QED) is 0.262. The predicted molar refractivity (Wildman–Crippen MR) is 129 cm³/mol. The topological polar surface area (TPSA) is 59.5 Å². The minimum Gasteiger partial charge on any atom is -0.451 e. The molecule has 0 spiro atoms. The van der Waals surface area contributed by atoms with Gasteiger partial charge in [-0.2, -0.15) is 5.10 Å². The summed E-state index contributed by atoms with van der Waals surface area (Å²) in [6.45, 7) is 2.76. The molecule has 0 saturated heterocycles. The van der Waals surface area contributed by atoms with Crippen molar-refractivity contribution < 1.29 is 9.21 Å². The molecule has 2 heterocycles. The molecule has 0 aliphatic heterocycles. The van der Waals surface area contributed by atoms with Gasteiger partial charge in [0.2, 0.25) is 0 Å². The van der Waals surface area contributed by atoms with Crippen LogP contribution in [0.5, 0.6) is 0 Å². The lowest BCUT2D eigenvalue weighted by Gasteiger charge is -2.09. The smallest absolute Gasteiger partial charge is 0.307 e. The number of halogens is 1. The predicted octanol–water partition coefficient (Wildman–Crippen LogP) is 6.16. The lowest BCUT2D eigenvalue weighted by Crippen LogP contribution is -2.16. The number of furan rings is 1. The normalized spacial score (nSPS) is 11.6. The molecule has 5 rings (SSSR count). The van der Waals surface area contributed by atoms with E-state index >= 15 is 0 Å². The van der Waals surface area contributed by atoms with E-state index in [1.165, 1.54) is 0 Å². The summed E-state index contributed by atoms with van der Waals surface area (Å²) in [5.74, 6) is -0.162. The molecule has 1 N–H and O–H groups in total. The lowest BCUT2D eigenvalue weighted by atomic mass is 10.1. The molecule has 6 heteroatoms. The average Bonchev–Trinajstić information content (AvgIpc) is 3.36. The molecule has 0 fully saturated rings. The number of hydrogen-bond acceptors (Lipinski definition) is 3. The van der Waals surface area contributed by atoms with Crippen molar-refractivity contribution in [3.8, 4) is 0 Å². The van der Waals surface area contributed by atoms with E-state index in [0.29, 0.717) is 12.1 Å². The van der Waals surface area contributed by atoms with Crippen LogP contribution in [0.3, 0.4) is 0 Å². The molecule has 0 aliphatic rings. The Morgan fingerprint density at radius 3 is 2.62 bits per heavy atom. The first-order valence-electron chi connectivity index (χ1n) is 10.2. The molecule has 0 radical (unpaired) electrons. The molecular formula is C26H20ClN3O2. The van der Waals surface area contributed by atoms with Crippen molar-refractivity contribution in [2.45, 2.75) is 13.5 Å². The van der Waals surface area contributed by atoms with Crippen LogP contribution in [-0.4, -0.2) is 16.7 Å². The van der Waals surface area contributed by atoms with Gasteiger partial charge in [0, 0.05) is 39.1 Å². The Bertz CT molecular complexity index is 1430. The Kier molecular flexibility index (Phi) is 5.25. The zero-order valence-electron chi connectivity index (χ0n) is 17.4. The summed E-state index contributed by atoms with van der Waals surface area (Å²) in [7, 11) is 0. The second kappa shape index (κ2) is 8.36. The first kappa shape index (κ1) is 20.1. The highest BCUT2D eigenvalue weighted by atomic mass is 35.5. The number of fused-ring (bicyclic) bond motifs is 2. The lowest BCUT2D eigenvalue weighted by molar-refractivity contribution is 0.0929. The molecule has 5 nitrogen and oxygen atoms in total. The van der Waals surface area contributed by atoms with Crippen LogP contribution in [0.4, 0.5) is 0 Å². The molecular weight excluding hydrogens is 422 g/mol. The summed E-state index contributed by atoms with van der Waals surface area (Å²) in [6.07, 6.45) is 1.69. The van der Waals surface area contributed by atoms with Crippen LogP contribution in [0, 0.1) is 6.92 Å². The molecule has 32 heavy (non-hydrogen) atoms. The second-order valence-electron chi connectivity index (χ2n) is 7.58. The fraction of sp³-hybridized carbons (Fsp3) is 0.0769. The minimum atomic E-state index is -0.389. The van der Waals surface area contributed by atoms with E-state index in [-0.39, 0.29) is 11.7 Å². The Labute approximate surface area is 189 Å². The maximum Gasteiger partial charge on any atom is 0.307 e. The molecule has 158 valence electrons. The van der Waals surface area contributed by atoms with Gasteiger partial charge in [-0.05, 0) is 42.8 Å². The highest BCUT2D eigenvalue weighted by Crippen LogP contribution is 2.26. The van der Waals surface area contributed by atoms with Gasteiger partial charge in [0.05, 0.1) is 6.21 Å². The highest BCUT2D eigenvalue weighted by Gasteiger charge is 2.14. The third kappa shape index (κ3) is 3.79. The number of carbonyl (C=O) groups is 1. The molecule has 1 amide bonds. The van der Waals surface area contributed by atoms with Crippen molar-refractivity contribution in [2.24, 2.45) is 5.10 Å². The molecule has 3 aromatic carbocycles. The number of amides is 1. The van der Waals surface area contributed by atoms with Crippen LogP contribution < -0.4 is 5.43 Å². The van der Waals surface area contributed by atoms with Crippen LogP contribution >= 0.6 is 11.6 Å². The molecule has 5 aromatic rings. The largest absolute Gasteiger partial charge is 0.451 e. The van der Waals surface area contributed by atoms with Crippen LogP contribution in [0.25, 0.3) is 21.9 Å². The number of para-hydroxylation sites is 2. The number of aromatic nitrogens is 1. The molecule has 0 bridgehead atoms. The third-order valence-electron chi connectivity index (χ3n) is 5.54. The van der Waals surface area contributed by atoms with Gasteiger partial charge in [0.15, 0.2) is 5.76 Å². The number of nitrogens with zero attached hydrogens (tertiary/aromatic N) is 2. The van der Waals surface area contributed by atoms with Gasteiger partial charge in [-0.15, -0.1) is 0 Å². The van der Waals surface area contributed by atoms with Crippen molar-refractivity contribution in [1.82, 2.24) is 9.99 Å². The van der Waals surface area contributed by atoms with Gasteiger partial charge in [0.1, 0.15) is 5.58 Å². The molecule has 0 saturated carbocycles. The molecule has 0 unspecified atom stereocenters. The SMILES string of the molecule is Cc1c(/C=N\NC(=O)c2cc3ccccc3o2)c2ccccc2n1Cc1ccc(Cl)cc1. The Hall–Kier alpha value is -3.83. The molecule has 2 aromatic heterocycles. The van der Waals surface area contributed by atoms with Gasteiger partial charge < -0.3 is 8.98 Å². The number of benzene rings is 3. The first-order valence-corrected chi connectivity index (χ1v) is 10.6. The van der Waals surface area contributed by atoms with Crippen molar-refractivity contribution in [2.75, 3.05) is 0 Å². The summed E-state index contributed by atoms with van der Waals surface area (Å²) < 4.78 is 7.84. The van der Waals surface area contributed by atoms with Crippen molar-refractivity contribution >= 4 is 45.6 Å². The monoisotopic (exact) mass is 441 g/mol. The van der Waals surface area contributed by atoms with Crippen LogP contribution in [-0.2, 0) is 6.54 Å². The van der Waals surface area contributed by atoms with Crippen LogP contribution in [0.15, 0.2) is 88.4 Å². The Balaban J connectivity index is 1.42. The summed E-state index contributed by atoms with van der Waals surface area (Å²) >= 11 is 6.03. The van der Waals surface area contributed by atoms with E-state index in [1.54, 1.807) is 12.3 Å². The number of hydrogen-bond donors (Lipinski definition) is 1. The fourth-order valence-corrected chi connectivity index (χ4v) is 4.03. The van der Waals surface area contributed by atoms with E-state index in [4.69, 9.17) is 16.0 Å². The van der Waals surface area contributed by atoms with E-state index < -0.39 is 0 Å². The second-order valence-corrected chi connectivity index (χ2v) is 8.01. The van der Waals surface area contributed by atoms with Crippen LogP contribution in [0.1, 0.15) is 27.4 Å². The molecule has 0 atom stereocenters. The zero-order chi connectivity index (χ0) is 22.1. The number of rotatable bonds is 5. The summed E-state index contributed by atoms with van der Waals surface area (Å²) in [4.78, 5) is 12.5. The standard InChI is InChI=1S/C26H20ClN3O2/c1-17-22(15-28-29-26(31)25-14-19-6-2-5-9-24(19)32-25)21-7-3-4-8-23(21)30(17)16-18-10-12-20(27)13-11-18/h2-15H,16H2,1H3,(H,29,31)/b28-15-. The maximum atomic E-state index is 12.5. The van der Waals surface area contributed by atoms with Gasteiger partial charge >= 0.3 is 5.91 Å². The Morgan fingerprint density at radius 1 is 1.06 bits per heavy atom. The average molecular weight is 442 g/mol. The van der Waals surface area contributed by atoms with E-state index in [1.807, 2.05) is 60.7 Å². The number of nitrogens with one attached hydrogen (secondary N) is 1. The highest BCUT2D eigenvalue weighted by molar-refractivity contribution is 6.30. The van der Waals surface area contributed by atoms with E-state index in [0.717, 1.165) is 38.1 Å². The first-order chi connectivity index (χ1) is 15.6. The van der Waals surface area contributed by atoms with Gasteiger partial charge in [-0.25, -0.2) is 5.43 Å². The van der Waals surface area contributed by atoms with Gasteiger partial charge in [-0.1, -0.05) is 60.1 Å². The van der Waals surface area contributed by atoms with Gasteiger partial charge in [-0.3, -0.25) is 4.79 Å². The van der Waals surface area contributed by atoms with Gasteiger partial charge in [0.25, 0.3) is 0 Å². The van der Waals surface area contributed by atoms with Crippen molar-refractivity contribution in [3.05, 3.63) is 106 Å². The van der Waals surface area contributed by atoms with Crippen molar-refractivity contribution in [3.63, 3.8) is 0 Å². The van der Waals surface area contributed by atoms with E-state index in [9.17, 15) is 4.79 Å². The van der Waals surface area contributed by atoms with E-state index in [2.05, 4.69) is 34.2 Å². The minimum absolute atomic E-state index is 0.227. The summed E-state index contributed by atoms with van der Waals surface area (Å²) in [6, 6.07) is 25.2. The Morgan fingerprint density at radius 2 is 1.81 bits per heavy atom. The summed E-state index contributed by atoms with van der Waals surface area (Å²) in [5.41, 5.74) is 7.52. The summed E-state index contributed by atoms with van der Waals surface area (Å²) in [5, 5.41) is 6.88. The van der Waals surface area contributed by atoms with Crippen LogP contribution in [0.2, 0.25) is 5.02 Å². The maximum absolute atomic E-state index is 12.5. The number of carbonyl (C=O) groups excluding carboxylic acids is 1. The third-order valence-corrected chi connectivity index (χ3v) is 5.79. The van der Waals surface area contributed by atoms with Crippen molar-refractivity contribution in [1.29, 1.82) is 0 Å². The molecule has 0 aliphatic carbocycles. The zero-order valence-corrected chi connectivity index (χ0v) is 18.1. The number of hydrazone groups is 1.